The molecule has 0 bridgehead atoms. The summed E-state index contributed by atoms with van der Waals surface area (Å²) >= 11 is 0. The maximum Gasteiger partial charge on any atom is 0.264 e. The molecule has 2 heterocycles. The van der Waals surface area contributed by atoms with Gasteiger partial charge in [0.05, 0.1) is 19.9 Å². The van der Waals surface area contributed by atoms with Gasteiger partial charge in [-0.2, -0.15) is 0 Å². The molecule has 27 heavy (non-hydrogen) atoms. The number of nitrogens with zero attached hydrogens (tertiary/aromatic N) is 2. The third-order valence-corrected chi connectivity index (χ3v) is 5.67. The van der Waals surface area contributed by atoms with Gasteiger partial charge in [0.2, 0.25) is 5.89 Å². The SMILES string of the molecule is COc1ccc(OC)c(NS(=O)(=O)c2c(C)[nH]c(-c3nnc(C)o3)c2C)c1. The molecular weight excluding hydrogens is 372 g/mol. The maximum absolute atomic E-state index is 13.1. The highest BCUT2D eigenvalue weighted by Crippen LogP contribution is 2.34. The summed E-state index contributed by atoms with van der Waals surface area (Å²) < 4.78 is 44.5. The molecule has 0 aliphatic heterocycles. The second kappa shape index (κ2) is 6.95. The van der Waals surface area contributed by atoms with E-state index >= 15 is 0 Å². The second-order valence-electron chi connectivity index (χ2n) is 5.88. The predicted octanol–water partition coefficient (Wildman–Crippen LogP) is 2.81. The lowest BCUT2D eigenvalue weighted by Gasteiger charge is -2.13. The first-order valence-corrected chi connectivity index (χ1v) is 9.49. The van der Waals surface area contributed by atoms with E-state index in [0.717, 1.165) is 0 Å². The molecule has 0 saturated heterocycles. The van der Waals surface area contributed by atoms with Crippen molar-refractivity contribution in [3.63, 3.8) is 0 Å². The van der Waals surface area contributed by atoms with Crippen molar-refractivity contribution in [2.45, 2.75) is 25.7 Å². The van der Waals surface area contributed by atoms with Gasteiger partial charge in [0, 0.05) is 24.2 Å². The van der Waals surface area contributed by atoms with Crippen LogP contribution in [-0.4, -0.2) is 37.8 Å². The van der Waals surface area contributed by atoms with Crippen LogP contribution in [0.2, 0.25) is 0 Å². The Hall–Kier alpha value is -3.01. The summed E-state index contributed by atoms with van der Waals surface area (Å²) in [4.78, 5) is 3.12. The van der Waals surface area contributed by atoms with E-state index in [1.807, 2.05) is 0 Å². The van der Waals surface area contributed by atoms with Crippen LogP contribution < -0.4 is 14.2 Å². The van der Waals surface area contributed by atoms with E-state index in [-0.39, 0.29) is 16.5 Å². The number of rotatable bonds is 6. The number of anilines is 1. The van der Waals surface area contributed by atoms with E-state index in [2.05, 4.69) is 19.9 Å². The molecule has 0 spiro atoms. The Morgan fingerprint density at radius 2 is 1.85 bits per heavy atom. The molecule has 10 heteroatoms. The molecule has 0 aliphatic carbocycles. The van der Waals surface area contributed by atoms with Gasteiger partial charge in [-0.05, 0) is 26.0 Å². The molecule has 9 nitrogen and oxygen atoms in total. The van der Waals surface area contributed by atoms with Gasteiger partial charge in [-0.25, -0.2) is 8.42 Å². The fraction of sp³-hybridized carbons (Fsp3) is 0.294. The number of aryl methyl sites for hydroxylation is 2. The molecule has 0 fully saturated rings. The average molecular weight is 392 g/mol. The van der Waals surface area contributed by atoms with Crippen LogP contribution in [0.5, 0.6) is 11.5 Å². The van der Waals surface area contributed by atoms with Gasteiger partial charge in [-0.15, -0.1) is 10.2 Å². The third kappa shape index (κ3) is 3.47. The Bertz CT molecular complexity index is 1080. The van der Waals surface area contributed by atoms with Gasteiger partial charge < -0.3 is 18.9 Å². The standard InChI is InChI=1S/C17H20N4O5S/c1-9-15(17-20-19-11(3)26-17)18-10(2)16(9)27(22,23)21-13-8-12(24-4)6-7-14(13)25-5/h6-8,18,21H,1-5H3. The number of methoxy groups -OCH3 is 2. The Balaban J connectivity index is 2.05. The summed E-state index contributed by atoms with van der Waals surface area (Å²) in [6.07, 6.45) is 0. The lowest BCUT2D eigenvalue weighted by Crippen LogP contribution is -2.15. The first kappa shape index (κ1) is 18.8. The first-order valence-electron chi connectivity index (χ1n) is 8.01. The van der Waals surface area contributed by atoms with Crippen molar-refractivity contribution in [1.82, 2.24) is 15.2 Å². The topological polar surface area (TPSA) is 119 Å². The number of ether oxygens (including phenoxy) is 2. The zero-order valence-corrected chi connectivity index (χ0v) is 16.4. The van der Waals surface area contributed by atoms with E-state index in [9.17, 15) is 8.42 Å². The Kier molecular flexibility index (Phi) is 4.83. The van der Waals surface area contributed by atoms with Crippen LogP contribution in [0.15, 0.2) is 27.5 Å². The smallest absolute Gasteiger partial charge is 0.264 e. The number of benzene rings is 1. The summed E-state index contributed by atoms with van der Waals surface area (Å²) in [6.45, 7) is 5.00. The normalized spacial score (nSPS) is 11.4. The number of sulfonamides is 1. The molecule has 3 rings (SSSR count). The summed E-state index contributed by atoms with van der Waals surface area (Å²) in [5.41, 5.74) is 1.66. The minimum absolute atomic E-state index is 0.109. The Morgan fingerprint density at radius 1 is 1.11 bits per heavy atom. The Labute approximate surface area is 156 Å². The van der Waals surface area contributed by atoms with Crippen LogP contribution >= 0.6 is 0 Å². The van der Waals surface area contributed by atoms with E-state index < -0.39 is 10.0 Å². The number of hydrogen-bond donors (Lipinski definition) is 2. The average Bonchev–Trinajstić information content (AvgIpc) is 3.17. The predicted molar refractivity (Wildman–Crippen MR) is 98.7 cm³/mol. The lowest BCUT2D eigenvalue weighted by atomic mass is 10.2. The monoisotopic (exact) mass is 392 g/mol. The van der Waals surface area contributed by atoms with E-state index in [1.165, 1.54) is 14.2 Å². The van der Waals surface area contributed by atoms with Gasteiger partial charge >= 0.3 is 0 Å². The van der Waals surface area contributed by atoms with Gasteiger partial charge in [0.1, 0.15) is 22.1 Å². The summed E-state index contributed by atoms with van der Waals surface area (Å²) in [5.74, 6) is 1.49. The molecule has 2 aromatic heterocycles. The van der Waals surface area contributed by atoms with Gasteiger partial charge in [-0.3, -0.25) is 4.72 Å². The van der Waals surface area contributed by atoms with Gasteiger partial charge in [0.25, 0.3) is 15.9 Å². The molecule has 3 aromatic rings. The zero-order valence-electron chi connectivity index (χ0n) is 15.6. The highest BCUT2D eigenvalue weighted by Gasteiger charge is 2.27. The summed E-state index contributed by atoms with van der Waals surface area (Å²) in [7, 11) is -0.959. The molecule has 144 valence electrons. The molecular formula is C17H20N4O5S. The van der Waals surface area contributed by atoms with Crippen molar-refractivity contribution in [2.24, 2.45) is 0 Å². The number of H-pyrrole nitrogens is 1. The fourth-order valence-corrected chi connectivity index (χ4v) is 4.35. The quantitative estimate of drug-likeness (QED) is 0.662. The number of aromatic amines is 1. The first-order chi connectivity index (χ1) is 12.8. The fourth-order valence-electron chi connectivity index (χ4n) is 2.84. The lowest BCUT2D eigenvalue weighted by molar-refractivity contribution is 0.405. The summed E-state index contributed by atoms with van der Waals surface area (Å²) in [6, 6.07) is 4.86. The molecule has 0 atom stereocenters. The Morgan fingerprint density at radius 3 is 2.44 bits per heavy atom. The van der Waals surface area contributed by atoms with Crippen LogP contribution in [-0.2, 0) is 10.0 Å². The van der Waals surface area contributed by atoms with Crippen LogP contribution in [0, 0.1) is 20.8 Å². The molecule has 2 N–H and O–H groups in total. The molecule has 0 radical (unpaired) electrons. The van der Waals surface area contributed by atoms with Crippen molar-refractivity contribution in [3.05, 3.63) is 35.3 Å². The van der Waals surface area contributed by atoms with Gasteiger partial charge in [0.15, 0.2) is 0 Å². The molecule has 0 amide bonds. The number of aromatic nitrogens is 3. The minimum Gasteiger partial charge on any atom is -0.497 e. The van der Waals surface area contributed by atoms with Gasteiger partial charge in [-0.1, -0.05) is 0 Å². The second-order valence-corrected chi connectivity index (χ2v) is 7.50. The van der Waals surface area contributed by atoms with E-state index in [1.54, 1.807) is 39.0 Å². The summed E-state index contributed by atoms with van der Waals surface area (Å²) in [5, 5.41) is 7.73. The molecule has 1 aromatic carbocycles. The molecule has 0 unspecified atom stereocenters. The van der Waals surface area contributed by atoms with Crippen molar-refractivity contribution in [1.29, 1.82) is 0 Å². The van der Waals surface area contributed by atoms with Crippen LogP contribution in [0.1, 0.15) is 17.1 Å². The largest absolute Gasteiger partial charge is 0.497 e. The van der Waals surface area contributed by atoms with E-state index in [0.29, 0.717) is 34.3 Å². The zero-order chi connectivity index (χ0) is 19.8. The maximum atomic E-state index is 13.1. The number of nitrogens with one attached hydrogen (secondary N) is 2. The number of hydrogen-bond acceptors (Lipinski definition) is 7. The molecule has 0 saturated carbocycles. The highest BCUT2D eigenvalue weighted by molar-refractivity contribution is 7.92. The highest BCUT2D eigenvalue weighted by atomic mass is 32.2. The van der Waals surface area contributed by atoms with Crippen LogP contribution in [0.3, 0.4) is 0 Å². The van der Waals surface area contributed by atoms with Crippen molar-refractivity contribution in [3.8, 4) is 23.1 Å². The van der Waals surface area contributed by atoms with Crippen molar-refractivity contribution >= 4 is 15.7 Å². The van der Waals surface area contributed by atoms with E-state index in [4.69, 9.17) is 13.9 Å². The van der Waals surface area contributed by atoms with Crippen LogP contribution in [0.4, 0.5) is 5.69 Å². The molecule has 0 aliphatic rings. The van der Waals surface area contributed by atoms with Crippen molar-refractivity contribution < 1.29 is 22.3 Å². The van der Waals surface area contributed by atoms with Crippen LogP contribution in [0.25, 0.3) is 11.6 Å². The minimum atomic E-state index is -3.92. The van der Waals surface area contributed by atoms with Crippen molar-refractivity contribution in [2.75, 3.05) is 18.9 Å². The third-order valence-electron chi connectivity index (χ3n) is 4.03.